The minimum Gasteiger partial charge on any atom is -0.467 e. The predicted octanol–water partition coefficient (Wildman–Crippen LogP) is 3.77. The number of ether oxygens (including phenoxy) is 1. The van der Waals surface area contributed by atoms with Gasteiger partial charge in [0.05, 0.1) is 16.6 Å². The van der Waals surface area contributed by atoms with Crippen molar-refractivity contribution in [3.8, 4) is 17.1 Å². The van der Waals surface area contributed by atoms with E-state index in [0.29, 0.717) is 11.0 Å². The van der Waals surface area contributed by atoms with Gasteiger partial charge in [-0.05, 0) is 12.1 Å². The molecule has 2 heterocycles. The Labute approximate surface area is 153 Å². The smallest absolute Gasteiger partial charge is 0.264 e. The van der Waals surface area contributed by atoms with Crippen molar-refractivity contribution in [3.63, 3.8) is 0 Å². The highest BCUT2D eigenvalue weighted by Gasteiger charge is 2.10. The summed E-state index contributed by atoms with van der Waals surface area (Å²) in [5.41, 5.74) is 2.60. The number of nitrogens with zero attached hydrogens (tertiary/aromatic N) is 3. The molecule has 0 spiro atoms. The SMILES string of the molecule is O=C(COc1ncnc2ccccc12)Nc1nc(-c2ccccc2)cs1. The van der Waals surface area contributed by atoms with Crippen molar-refractivity contribution in [3.05, 3.63) is 66.3 Å². The van der Waals surface area contributed by atoms with E-state index in [0.717, 1.165) is 22.2 Å². The Balaban J connectivity index is 1.41. The molecule has 0 radical (unpaired) electrons. The van der Waals surface area contributed by atoms with E-state index in [2.05, 4.69) is 20.3 Å². The van der Waals surface area contributed by atoms with Crippen LogP contribution < -0.4 is 10.1 Å². The van der Waals surface area contributed by atoms with Crippen LogP contribution in [0.5, 0.6) is 5.88 Å². The Bertz CT molecular complexity index is 1040. The van der Waals surface area contributed by atoms with Gasteiger partial charge in [0.1, 0.15) is 6.33 Å². The van der Waals surface area contributed by atoms with Crippen molar-refractivity contribution in [1.82, 2.24) is 15.0 Å². The van der Waals surface area contributed by atoms with Gasteiger partial charge in [0, 0.05) is 10.9 Å². The highest BCUT2D eigenvalue weighted by molar-refractivity contribution is 7.14. The number of rotatable bonds is 5. The maximum absolute atomic E-state index is 12.2. The monoisotopic (exact) mass is 362 g/mol. The summed E-state index contributed by atoms with van der Waals surface area (Å²) in [5, 5.41) is 5.96. The number of carbonyl (C=O) groups is 1. The molecule has 26 heavy (non-hydrogen) atoms. The van der Waals surface area contributed by atoms with Crippen LogP contribution in [-0.4, -0.2) is 27.5 Å². The first-order chi connectivity index (χ1) is 12.8. The van der Waals surface area contributed by atoms with E-state index >= 15 is 0 Å². The lowest BCUT2D eigenvalue weighted by molar-refractivity contribution is -0.118. The molecule has 0 aliphatic rings. The molecule has 0 bridgehead atoms. The maximum Gasteiger partial charge on any atom is 0.264 e. The number of hydrogen-bond acceptors (Lipinski definition) is 6. The van der Waals surface area contributed by atoms with Gasteiger partial charge in [0.2, 0.25) is 5.88 Å². The molecule has 0 aliphatic carbocycles. The van der Waals surface area contributed by atoms with Gasteiger partial charge >= 0.3 is 0 Å². The van der Waals surface area contributed by atoms with Crippen molar-refractivity contribution in [1.29, 1.82) is 0 Å². The van der Waals surface area contributed by atoms with Crippen molar-refractivity contribution in [2.75, 3.05) is 11.9 Å². The fourth-order valence-corrected chi connectivity index (χ4v) is 3.19. The van der Waals surface area contributed by atoms with Crippen LogP contribution in [-0.2, 0) is 4.79 Å². The van der Waals surface area contributed by atoms with Gasteiger partial charge in [-0.15, -0.1) is 11.3 Å². The minimum absolute atomic E-state index is 0.152. The Hall–Kier alpha value is -3.32. The highest BCUT2D eigenvalue weighted by Crippen LogP contribution is 2.25. The summed E-state index contributed by atoms with van der Waals surface area (Å²) in [6, 6.07) is 17.3. The van der Waals surface area contributed by atoms with Crippen molar-refractivity contribution in [2.45, 2.75) is 0 Å². The summed E-state index contributed by atoms with van der Waals surface area (Å²) in [6.45, 7) is -0.152. The number of hydrogen-bond donors (Lipinski definition) is 1. The van der Waals surface area contributed by atoms with E-state index in [1.54, 1.807) is 0 Å². The summed E-state index contributed by atoms with van der Waals surface area (Å²) in [6.07, 6.45) is 1.42. The third kappa shape index (κ3) is 3.52. The van der Waals surface area contributed by atoms with Crippen LogP contribution >= 0.6 is 11.3 Å². The predicted molar refractivity (Wildman–Crippen MR) is 101 cm³/mol. The van der Waals surface area contributed by atoms with Crippen molar-refractivity contribution < 1.29 is 9.53 Å². The molecule has 6 nitrogen and oxygen atoms in total. The number of aromatic nitrogens is 3. The van der Waals surface area contributed by atoms with Crippen LogP contribution in [0.15, 0.2) is 66.3 Å². The van der Waals surface area contributed by atoms with Crippen LogP contribution in [0.3, 0.4) is 0 Å². The summed E-state index contributed by atoms with van der Waals surface area (Å²) in [4.78, 5) is 24.9. The molecule has 0 atom stereocenters. The van der Waals surface area contributed by atoms with E-state index in [1.165, 1.54) is 17.7 Å². The first kappa shape index (κ1) is 16.2. The fourth-order valence-electron chi connectivity index (χ4n) is 2.46. The lowest BCUT2D eigenvalue weighted by Gasteiger charge is -2.07. The van der Waals surface area contributed by atoms with Gasteiger partial charge in [-0.1, -0.05) is 42.5 Å². The standard InChI is InChI=1S/C19H14N4O2S/c24-17(10-25-18-14-8-4-5-9-15(14)20-12-21-18)23-19-22-16(11-26-19)13-6-2-1-3-7-13/h1-9,11-12H,10H2,(H,22,23,24). The zero-order valence-electron chi connectivity index (χ0n) is 13.6. The topological polar surface area (TPSA) is 77.0 Å². The molecule has 2 aromatic carbocycles. The summed E-state index contributed by atoms with van der Waals surface area (Å²) < 4.78 is 5.56. The Kier molecular flexibility index (Phi) is 4.53. The Morgan fingerprint density at radius 1 is 1.04 bits per heavy atom. The van der Waals surface area contributed by atoms with E-state index in [4.69, 9.17) is 4.74 Å². The average Bonchev–Trinajstić information content (AvgIpc) is 3.15. The van der Waals surface area contributed by atoms with E-state index in [1.807, 2.05) is 60.0 Å². The zero-order chi connectivity index (χ0) is 17.8. The lowest BCUT2D eigenvalue weighted by atomic mass is 10.2. The van der Waals surface area contributed by atoms with Crippen molar-refractivity contribution in [2.24, 2.45) is 0 Å². The number of amides is 1. The normalized spacial score (nSPS) is 10.6. The molecule has 0 fully saturated rings. The van der Waals surface area contributed by atoms with Gasteiger partial charge in [-0.3, -0.25) is 10.1 Å². The van der Waals surface area contributed by atoms with Crippen LogP contribution in [0.4, 0.5) is 5.13 Å². The molecule has 0 unspecified atom stereocenters. The lowest BCUT2D eigenvalue weighted by Crippen LogP contribution is -2.20. The van der Waals surface area contributed by atoms with Crippen LogP contribution in [0.25, 0.3) is 22.2 Å². The molecule has 0 saturated carbocycles. The van der Waals surface area contributed by atoms with Gasteiger partial charge < -0.3 is 4.74 Å². The third-order valence-corrected chi connectivity index (χ3v) is 4.42. The van der Waals surface area contributed by atoms with E-state index in [9.17, 15) is 4.79 Å². The Morgan fingerprint density at radius 2 is 1.85 bits per heavy atom. The summed E-state index contributed by atoms with van der Waals surface area (Å²) in [7, 11) is 0. The van der Waals surface area contributed by atoms with Crippen LogP contribution in [0, 0.1) is 0 Å². The van der Waals surface area contributed by atoms with Crippen molar-refractivity contribution >= 4 is 33.3 Å². The molecular formula is C19H14N4O2S. The van der Waals surface area contributed by atoms with Gasteiger partial charge in [-0.25, -0.2) is 15.0 Å². The molecule has 1 amide bonds. The van der Waals surface area contributed by atoms with E-state index < -0.39 is 0 Å². The van der Waals surface area contributed by atoms with Gasteiger partial charge in [0.25, 0.3) is 5.91 Å². The average molecular weight is 362 g/mol. The van der Waals surface area contributed by atoms with Gasteiger partial charge in [0.15, 0.2) is 11.7 Å². The number of thiazole rings is 1. The molecule has 128 valence electrons. The summed E-state index contributed by atoms with van der Waals surface area (Å²) in [5.74, 6) is 0.0940. The number of anilines is 1. The zero-order valence-corrected chi connectivity index (χ0v) is 14.4. The van der Waals surface area contributed by atoms with Crippen LogP contribution in [0.2, 0.25) is 0 Å². The first-order valence-electron chi connectivity index (χ1n) is 7.93. The number of carbonyl (C=O) groups excluding carboxylic acids is 1. The second kappa shape index (κ2) is 7.28. The molecule has 4 aromatic rings. The number of nitrogens with one attached hydrogen (secondary N) is 1. The number of benzene rings is 2. The Morgan fingerprint density at radius 3 is 2.73 bits per heavy atom. The maximum atomic E-state index is 12.2. The molecule has 2 aromatic heterocycles. The van der Waals surface area contributed by atoms with E-state index in [-0.39, 0.29) is 12.5 Å². The third-order valence-electron chi connectivity index (χ3n) is 3.67. The molecular weight excluding hydrogens is 348 g/mol. The summed E-state index contributed by atoms with van der Waals surface area (Å²) >= 11 is 1.37. The molecule has 4 rings (SSSR count). The largest absolute Gasteiger partial charge is 0.467 e. The quantitative estimate of drug-likeness (QED) is 0.585. The first-order valence-corrected chi connectivity index (χ1v) is 8.81. The minimum atomic E-state index is -0.290. The van der Waals surface area contributed by atoms with Gasteiger partial charge in [-0.2, -0.15) is 0 Å². The molecule has 1 N–H and O–H groups in total. The number of fused-ring (bicyclic) bond motifs is 1. The molecule has 0 saturated heterocycles. The fraction of sp³-hybridized carbons (Fsp3) is 0.0526. The second-order valence-corrected chi connectivity index (χ2v) is 6.29. The molecule has 7 heteroatoms. The highest BCUT2D eigenvalue weighted by atomic mass is 32.1. The number of para-hydroxylation sites is 1. The second-order valence-electron chi connectivity index (χ2n) is 5.44. The molecule has 0 aliphatic heterocycles. The van der Waals surface area contributed by atoms with Crippen LogP contribution in [0.1, 0.15) is 0 Å².